The van der Waals surface area contributed by atoms with Crippen molar-refractivity contribution in [3.8, 4) is 0 Å². The molecule has 1 N–H and O–H groups in total. The summed E-state index contributed by atoms with van der Waals surface area (Å²) >= 11 is 1.45. The molecule has 6 heteroatoms. The minimum atomic E-state index is -0.00967. The quantitative estimate of drug-likeness (QED) is 0.915. The van der Waals surface area contributed by atoms with Gasteiger partial charge in [0.2, 0.25) is 0 Å². The topological polar surface area (TPSA) is 60.5 Å². The van der Waals surface area contributed by atoms with Crippen molar-refractivity contribution in [2.45, 2.75) is 32.4 Å². The van der Waals surface area contributed by atoms with Crippen LogP contribution in [0.5, 0.6) is 0 Å². The van der Waals surface area contributed by atoms with E-state index in [-0.39, 0.29) is 24.0 Å². The van der Waals surface area contributed by atoms with E-state index in [0.717, 1.165) is 28.6 Å². The summed E-state index contributed by atoms with van der Waals surface area (Å²) in [6.45, 7) is 5.23. The van der Waals surface area contributed by atoms with Gasteiger partial charge in [-0.3, -0.25) is 4.79 Å². The molecule has 0 aromatic carbocycles. The molecular formula is C14H20N2O3S. The first-order valence-corrected chi connectivity index (χ1v) is 7.79. The fraction of sp³-hybridized carbons (Fsp3) is 0.714. The molecule has 3 rings (SSSR count). The number of carbonyl (C=O) groups excluding carboxylic acids is 1. The third kappa shape index (κ3) is 2.25. The van der Waals surface area contributed by atoms with Crippen LogP contribution >= 0.6 is 11.3 Å². The Kier molecular flexibility index (Phi) is 3.79. The van der Waals surface area contributed by atoms with Gasteiger partial charge in [-0.05, 0) is 20.3 Å². The largest absolute Gasteiger partial charge is 0.384 e. The molecule has 110 valence electrons. The highest BCUT2D eigenvalue weighted by molar-refractivity contribution is 7.13. The maximum Gasteiger partial charge on any atom is 0.263 e. The highest BCUT2D eigenvalue weighted by Crippen LogP contribution is 2.43. The zero-order valence-electron chi connectivity index (χ0n) is 12.0. The molecule has 4 atom stereocenters. The molecular weight excluding hydrogens is 276 g/mol. The smallest absolute Gasteiger partial charge is 0.263 e. The Bertz CT molecular complexity index is 517. The summed E-state index contributed by atoms with van der Waals surface area (Å²) in [4.78, 5) is 17.4. The number of rotatable bonds is 4. The number of carbonyl (C=O) groups is 1. The van der Waals surface area contributed by atoms with Gasteiger partial charge in [0.15, 0.2) is 0 Å². The summed E-state index contributed by atoms with van der Waals surface area (Å²) in [7, 11) is 1.69. The third-order valence-electron chi connectivity index (χ3n) is 4.29. The van der Waals surface area contributed by atoms with Gasteiger partial charge in [-0.25, -0.2) is 4.98 Å². The lowest BCUT2D eigenvalue weighted by molar-refractivity contribution is -0.0809. The number of aromatic nitrogens is 1. The zero-order chi connectivity index (χ0) is 14.3. The predicted octanol–water partition coefficient (Wildman–Crippen LogP) is 1.54. The van der Waals surface area contributed by atoms with E-state index < -0.39 is 0 Å². The number of fused-ring (bicyclic) bond motifs is 1. The van der Waals surface area contributed by atoms with Crippen LogP contribution in [-0.4, -0.2) is 43.4 Å². The number of ether oxygens (including phenoxy) is 2. The summed E-state index contributed by atoms with van der Waals surface area (Å²) in [5.41, 5.74) is 0.812. The van der Waals surface area contributed by atoms with Crippen molar-refractivity contribution < 1.29 is 14.3 Å². The molecule has 1 aromatic rings. The summed E-state index contributed by atoms with van der Waals surface area (Å²) < 4.78 is 11.0. The Morgan fingerprint density at radius 1 is 1.55 bits per heavy atom. The van der Waals surface area contributed by atoms with Crippen LogP contribution in [0.4, 0.5) is 0 Å². The second-order valence-electron chi connectivity index (χ2n) is 5.55. The average Bonchev–Trinajstić information content (AvgIpc) is 2.97. The minimum Gasteiger partial charge on any atom is -0.384 e. The lowest BCUT2D eigenvalue weighted by Crippen LogP contribution is -2.62. The van der Waals surface area contributed by atoms with Gasteiger partial charge in [0, 0.05) is 31.6 Å². The van der Waals surface area contributed by atoms with E-state index in [1.54, 1.807) is 7.11 Å². The summed E-state index contributed by atoms with van der Waals surface area (Å²) in [5.74, 6) is 0.698. The predicted molar refractivity (Wildman–Crippen MR) is 76.1 cm³/mol. The first-order chi connectivity index (χ1) is 9.61. The fourth-order valence-corrected chi connectivity index (χ4v) is 4.22. The number of hydrogen-bond acceptors (Lipinski definition) is 5. The van der Waals surface area contributed by atoms with Crippen molar-refractivity contribution >= 4 is 17.2 Å². The van der Waals surface area contributed by atoms with Gasteiger partial charge < -0.3 is 14.8 Å². The summed E-state index contributed by atoms with van der Waals surface area (Å²) in [6.07, 6.45) is 1.28. The van der Waals surface area contributed by atoms with Crippen LogP contribution < -0.4 is 5.32 Å². The van der Waals surface area contributed by atoms with Crippen molar-refractivity contribution in [3.05, 3.63) is 15.6 Å². The average molecular weight is 296 g/mol. The van der Waals surface area contributed by atoms with Gasteiger partial charge in [-0.1, -0.05) is 0 Å². The Hall–Kier alpha value is -0.980. The Morgan fingerprint density at radius 2 is 2.35 bits per heavy atom. The van der Waals surface area contributed by atoms with E-state index in [4.69, 9.17) is 9.47 Å². The maximum absolute atomic E-state index is 12.4. The van der Waals surface area contributed by atoms with E-state index >= 15 is 0 Å². The SMILES string of the molecule is COC[C@H]1[C@@H](NC(=O)c2sc(C)nc2C)[C@@H]2CCO[C@@H]21. The molecule has 5 nitrogen and oxygen atoms in total. The highest BCUT2D eigenvalue weighted by atomic mass is 32.1. The van der Waals surface area contributed by atoms with Crippen LogP contribution in [0.1, 0.15) is 26.8 Å². The van der Waals surface area contributed by atoms with Gasteiger partial charge in [0.1, 0.15) is 4.88 Å². The van der Waals surface area contributed by atoms with Crippen molar-refractivity contribution in [2.75, 3.05) is 20.3 Å². The molecule has 2 fully saturated rings. The molecule has 0 radical (unpaired) electrons. The molecule has 1 saturated carbocycles. The van der Waals surface area contributed by atoms with E-state index in [9.17, 15) is 4.79 Å². The van der Waals surface area contributed by atoms with Gasteiger partial charge >= 0.3 is 0 Å². The number of hydrogen-bond donors (Lipinski definition) is 1. The first-order valence-electron chi connectivity index (χ1n) is 6.97. The van der Waals surface area contributed by atoms with E-state index in [1.165, 1.54) is 11.3 Å². The highest BCUT2D eigenvalue weighted by Gasteiger charge is 2.54. The molecule has 1 aliphatic heterocycles. The zero-order valence-corrected chi connectivity index (χ0v) is 12.8. The number of amides is 1. The molecule has 2 heterocycles. The monoisotopic (exact) mass is 296 g/mol. The molecule has 2 aliphatic rings. The molecule has 20 heavy (non-hydrogen) atoms. The Balaban J connectivity index is 1.70. The third-order valence-corrected chi connectivity index (χ3v) is 5.37. The van der Waals surface area contributed by atoms with Crippen LogP contribution in [0.2, 0.25) is 0 Å². The molecule has 0 spiro atoms. The molecule has 0 bridgehead atoms. The minimum absolute atomic E-state index is 0.00967. The van der Waals surface area contributed by atoms with Crippen LogP contribution in [0, 0.1) is 25.7 Å². The molecule has 1 aromatic heterocycles. The second-order valence-corrected chi connectivity index (χ2v) is 6.76. The summed E-state index contributed by atoms with van der Waals surface area (Å²) in [6, 6.07) is 0.164. The molecule has 1 amide bonds. The number of nitrogens with zero attached hydrogens (tertiary/aromatic N) is 1. The van der Waals surface area contributed by atoms with E-state index in [1.807, 2.05) is 13.8 Å². The van der Waals surface area contributed by atoms with Crippen LogP contribution in [0.15, 0.2) is 0 Å². The number of methoxy groups -OCH3 is 1. The van der Waals surface area contributed by atoms with E-state index in [2.05, 4.69) is 10.3 Å². The van der Waals surface area contributed by atoms with Crippen LogP contribution in [0.25, 0.3) is 0 Å². The number of aryl methyl sites for hydroxylation is 2. The van der Waals surface area contributed by atoms with Crippen LogP contribution in [0.3, 0.4) is 0 Å². The lowest BCUT2D eigenvalue weighted by Gasteiger charge is -2.47. The summed E-state index contributed by atoms with van der Waals surface area (Å²) in [5, 5.41) is 4.09. The molecule has 1 aliphatic carbocycles. The van der Waals surface area contributed by atoms with Crippen molar-refractivity contribution in [3.63, 3.8) is 0 Å². The van der Waals surface area contributed by atoms with Crippen LogP contribution in [-0.2, 0) is 9.47 Å². The first kappa shape index (κ1) is 14.0. The standard InChI is InChI=1S/C14H20N2O3S/c1-7-13(20-8(2)15-7)14(17)16-11-9-4-5-19-12(9)10(11)6-18-3/h9-12H,4-6H2,1-3H3,(H,16,17)/t9-,10-,11-,12-/m0/s1. The van der Waals surface area contributed by atoms with Gasteiger partial charge in [-0.15, -0.1) is 11.3 Å². The van der Waals surface area contributed by atoms with Crippen molar-refractivity contribution in [1.82, 2.24) is 10.3 Å². The maximum atomic E-state index is 12.4. The second kappa shape index (κ2) is 5.42. The lowest BCUT2D eigenvalue weighted by atomic mass is 9.67. The number of thiazole rings is 1. The fourth-order valence-electron chi connectivity index (χ4n) is 3.39. The normalized spacial score (nSPS) is 31.8. The Morgan fingerprint density at radius 3 is 3.00 bits per heavy atom. The van der Waals surface area contributed by atoms with Gasteiger partial charge in [0.25, 0.3) is 5.91 Å². The number of nitrogens with one attached hydrogen (secondary N) is 1. The van der Waals surface area contributed by atoms with Gasteiger partial charge in [-0.2, -0.15) is 0 Å². The Labute approximate surface area is 122 Å². The van der Waals surface area contributed by atoms with Crippen molar-refractivity contribution in [2.24, 2.45) is 11.8 Å². The van der Waals surface area contributed by atoms with E-state index in [0.29, 0.717) is 12.5 Å². The molecule has 1 saturated heterocycles. The molecule has 0 unspecified atom stereocenters. The van der Waals surface area contributed by atoms with Crippen molar-refractivity contribution in [1.29, 1.82) is 0 Å². The van der Waals surface area contributed by atoms with Gasteiger partial charge in [0.05, 0.1) is 23.4 Å².